The maximum atomic E-state index is 11.6. The second-order valence-corrected chi connectivity index (χ2v) is 5.57. The molecule has 3 heteroatoms. The summed E-state index contributed by atoms with van der Waals surface area (Å²) in [6.45, 7) is 0. The summed E-state index contributed by atoms with van der Waals surface area (Å²) in [4.78, 5) is 11.6. The molecule has 4 atom stereocenters. The fraction of sp³-hybridized carbons (Fsp3) is 0.923. The number of rotatable bonds is 1. The summed E-state index contributed by atoms with van der Waals surface area (Å²) >= 11 is 0. The van der Waals surface area contributed by atoms with Crippen LogP contribution in [-0.4, -0.2) is 11.9 Å². The minimum atomic E-state index is -0.0917. The third kappa shape index (κ3) is 2.40. The number of amides is 1. The summed E-state index contributed by atoms with van der Waals surface area (Å²) in [5.74, 6) is 1.02. The number of carbonyl (C=O) groups excluding carboxylic acids is 1. The van der Waals surface area contributed by atoms with Crippen molar-refractivity contribution in [2.75, 3.05) is 0 Å². The molecular formula is C13H24N2O. The Bertz CT molecular complexity index is 254. The molecule has 0 aliphatic heterocycles. The lowest BCUT2D eigenvalue weighted by Gasteiger charge is -2.31. The van der Waals surface area contributed by atoms with Gasteiger partial charge in [-0.3, -0.25) is 4.79 Å². The first-order valence-electron chi connectivity index (χ1n) is 6.75. The predicted molar refractivity (Wildman–Crippen MR) is 64.6 cm³/mol. The molecular weight excluding hydrogens is 200 g/mol. The molecule has 0 heterocycles. The number of fused-ring (bicyclic) bond motifs is 1. The Balaban J connectivity index is 2.18. The molecule has 0 saturated heterocycles. The van der Waals surface area contributed by atoms with Gasteiger partial charge >= 0.3 is 0 Å². The molecule has 0 aromatic heterocycles. The Kier molecular flexibility index (Phi) is 3.85. The molecule has 2 saturated carbocycles. The van der Waals surface area contributed by atoms with Crippen molar-refractivity contribution in [1.29, 1.82) is 0 Å². The Morgan fingerprint density at radius 1 is 0.875 bits per heavy atom. The highest BCUT2D eigenvalue weighted by Crippen LogP contribution is 2.40. The summed E-state index contributed by atoms with van der Waals surface area (Å²) in [5, 5.41) is 0. The second-order valence-electron chi connectivity index (χ2n) is 5.57. The van der Waals surface area contributed by atoms with Crippen molar-refractivity contribution in [1.82, 2.24) is 0 Å². The molecule has 2 aliphatic rings. The van der Waals surface area contributed by atoms with Gasteiger partial charge in [-0.25, -0.2) is 0 Å². The van der Waals surface area contributed by atoms with E-state index in [4.69, 9.17) is 11.5 Å². The minimum absolute atomic E-state index is 0.0917. The topological polar surface area (TPSA) is 69.1 Å². The van der Waals surface area contributed by atoms with Gasteiger partial charge in [0.15, 0.2) is 0 Å². The van der Waals surface area contributed by atoms with Crippen molar-refractivity contribution >= 4 is 5.91 Å². The molecule has 92 valence electrons. The Hall–Kier alpha value is -0.570. The largest absolute Gasteiger partial charge is 0.369 e. The standard InChI is InChI=1S/C13H24N2O/c14-12-8-4-3-5-9-10(12)6-1-2-7-11(9)13(15)16/h9-12H,1-8,14H2,(H2,15,16). The third-order valence-corrected chi connectivity index (χ3v) is 4.61. The molecule has 2 fully saturated rings. The first-order valence-corrected chi connectivity index (χ1v) is 6.75. The van der Waals surface area contributed by atoms with Gasteiger partial charge in [0.25, 0.3) is 0 Å². The molecule has 0 radical (unpaired) electrons. The van der Waals surface area contributed by atoms with Crippen molar-refractivity contribution in [2.24, 2.45) is 29.2 Å². The number of nitrogens with two attached hydrogens (primary N) is 2. The third-order valence-electron chi connectivity index (χ3n) is 4.61. The molecule has 2 rings (SSSR count). The van der Waals surface area contributed by atoms with Gasteiger partial charge < -0.3 is 11.5 Å². The van der Waals surface area contributed by atoms with Gasteiger partial charge in [-0.05, 0) is 37.5 Å². The summed E-state index contributed by atoms with van der Waals surface area (Å²) in [5.41, 5.74) is 11.8. The molecule has 4 unspecified atom stereocenters. The van der Waals surface area contributed by atoms with Crippen molar-refractivity contribution in [3.05, 3.63) is 0 Å². The first kappa shape index (κ1) is 11.9. The van der Waals surface area contributed by atoms with Gasteiger partial charge in [0.05, 0.1) is 0 Å². The van der Waals surface area contributed by atoms with Crippen LogP contribution in [0.4, 0.5) is 0 Å². The van der Waals surface area contributed by atoms with E-state index in [1.807, 2.05) is 0 Å². The van der Waals surface area contributed by atoms with Crippen molar-refractivity contribution in [3.63, 3.8) is 0 Å². The molecule has 4 N–H and O–H groups in total. The van der Waals surface area contributed by atoms with Gasteiger partial charge in [0.1, 0.15) is 0 Å². The van der Waals surface area contributed by atoms with Crippen LogP contribution in [0.5, 0.6) is 0 Å². The molecule has 2 aliphatic carbocycles. The van der Waals surface area contributed by atoms with E-state index in [1.165, 1.54) is 25.7 Å². The molecule has 0 aromatic carbocycles. The van der Waals surface area contributed by atoms with E-state index in [1.54, 1.807) is 0 Å². The minimum Gasteiger partial charge on any atom is -0.369 e. The molecule has 3 nitrogen and oxygen atoms in total. The highest BCUT2D eigenvalue weighted by Gasteiger charge is 2.38. The molecule has 1 amide bonds. The average Bonchev–Trinajstić information content (AvgIpc) is 2.54. The van der Waals surface area contributed by atoms with E-state index < -0.39 is 0 Å². The van der Waals surface area contributed by atoms with Crippen LogP contribution in [0.25, 0.3) is 0 Å². The smallest absolute Gasteiger partial charge is 0.220 e. The van der Waals surface area contributed by atoms with Crippen LogP contribution >= 0.6 is 0 Å². The van der Waals surface area contributed by atoms with Crippen molar-refractivity contribution < 1.29 is 4.79 Å². The van der Waals surface area contributed by atoms with Crippen LogP contribution in [0, 0.1) is 17.8 Å². The van der Waals surface area contributed by atoms with Gasteiger partial charge in [-0.2, -0.15) is 0 Å². The van der Waals surface area contributed by atoms with E-state index >= 15 is 0 Å². The maximum absolute atomic E-state index is 11.6. The predicted octanol–water partition coefficient (Wildman–Crippen LogP) is 1.80. The highest BCUT2D eigenvalue weighted by molar-refractivity contribution is 5.77. The van der Waals surface area contributed by atoms with Gasteiger partial charge in [0, 0.05) is 12.0 Å². The van der Waals surface area contributed by atoms with Crippen LogP contribution in [0.1, 0.15) is 51.4 Å². The van der Waals surface area contributed by atoms with E-state index in [2.05, 4.69) is 0 Å². The number of carbonyl (C=O) groups is 1. The molecule has 16 heavy (non-hydrogen) atoms. The Labute approximate surface area is 97.9 Å². The van der Waals surface area contributed by atoms with Crippen LogP contribution in [0.15, 0.2) is 0 Å². The van der Waals surface area contributed by atoms with Crippen molar-refractivity contribution in [3.8, 4) is 0 Å². The lowest BCUT2D eigenvalue weighted by molar-refractivity contribution is -0.124. The zero-order valence-electron chi connectivity index (χ0n) is 10.0. The maximum Gasteiger partial charge on any atom is 0.220 e. The van der Waals surface area contributed by atoms with Crippen LogP contribution in [0.2, 0.25) is 0 Å². The van der Waals surface area contributed by atoms with Crippen LogP contribution in [0.3, 0.4) is 0 Å². The summed E-state index contributed by atoms with van der Waals surface area (Å²) in [7, 11) is 0. The molecule has 0 bridgehead atoms. The van der Waals surface area contributed by atoms with Crippen LogP contribution < -0.4 is 11.5 Å². The number of hydrogen-bond donors (Lipinski definition) is 2. The summed E-state index contributed by atoms with van der Waals surface area (Å²) in [6.07, 6.45) is 9.29. The lowest BCUT2D eigenvalue weighted by atomic mass is 9.75. The van der Waals surface area contributed by atoms with E-state index in [9.17, 15) is 4.79 Å². The Morgan fingerprint density at radius 3 is 2.12 bits per heavy atom. The highest BCUT2D eigenvalue weighted by atomic mass is 16.1. The lowest BCUT2D eigenvalue weighted by Crippen LogP contribution is -2.39. The van der Waals surface area contributed by atoms with E-state index in [0.29, 0.717) is 17.9 Å². The van der Waals surface area contributed by atoms with Gasteiger partial charge in [-0.15, -0.1) is 0 Å². The summed E-state index contributed by atoms with van der Waals surface area (Å²) in [6, 6.07) is 0.299. The fourth-order valence-electron chi connectivity index (χ4n) is 3.75. The number of hydrogen-bond acceptors (Lipinski definition) is 2. The fourth-order valence-corrected chi connectivity index (χ4v) is 3.75. The second kappa shape index (κ2) is 5.17. The normalized spacial score (nSPS) is 40.6. The zero-order valence-corrected chi connectivity index (χ0v) is 10.0. The zero-order chi connectivity index (χ0) is 11.5. The summed E-state index contributed by atoms with van der Waals surface area (Å²) < 4.78 is 0. The molecule has 0 spiro atoms. The van der Waals surface area contributed by atoms with E-state index in [0.717, 1.165) is 25.7 Å². The van der Waals surface area contributed by atoms with Crippen molar-refractivity contribution in [2.45, 2.75) is 57.4 Å². The van der Waals surface area contributed by atoms with E-state index in [-0.39, 0.29) is 11.8 Å². The van der Waals surface area contributed by atoms with Gasteiger partial charge in [-0.1, -0.05) is 25.7 Å². The molecule has 0 aromatic rings. The quantitative estimate of drug-likeness (QED) is 0.713. The van der Waals surface area contributed by atoms with Gasteiger partial charge in [0.2, 0.25) is 5.91 Å². The SMILES string of the molecule is NC(=O)C1CCCCC2C(N)CCCCC12. The number of primary amides is 1. The average molecular weight is 224 g/mol. The monoisotopic (exact) mass is 224 g/mol. The van der Waals surface area contributed by atoms with Crippen LogP contribution in [-0.2, 0) is 4.79 Å². The first-order chi connectivity index (χ1) is 7.70. The Morgan fingerprint density at radius 2 is 1.44 bits per heavy atom.